The van der Waals surface area contributed by atoms with Crippen LogP contribution < -0.4 is 5.73 Å². The van der Waals surface area contributed by atoms with E-state index in [4.69, 9.17) is 10.5 Å². The summed E-state index contributed by atoms with van der Waals surface area (Å²) in [6.45, 7) is 0.445. The van der Waals surface area contributed by atoms with Gasteiger partial charge < -0.3 is 10.5 Å². The van der Waals surface area contributed by atoms with Crippen molar-refractivity contribution in [2.75, 3.05) is 18.6 Å². The van der Waals surface area contributed by atoms with Gasteiger partial charge in [-0.15, -0.1) is 0 Å². The normalized spacial score (nSPS) is 12.1. The zero-order valence-electron chi connectivity index (χ0n) is 10.8. The Hall–Kier alpha value is -1.00. The lowest BCUT2D eigenvalue weighted by atomic mass is 10.1. The van der Waals surface area contributed by atoms with Crippen molar-refractivity contribution in [1.82, 2.24) is 0 Å². The molecule has 1 aromatic rings. The van der Waals surface area contributed by atoms with Gasteiger partial charge in [-0.1, -0.05) is 30.3 Å². The molecule has 100 valence electrons. The van der Waals surface area contributed by atoms with Crippen molar-refractivity contribution < 1.29 is 9.53 Å². The molecule has 1 rings (SSSR count). The second kappa shape index (κ2) is 9.00. The fourth-order valence-corrected chi connectivity index (χ4v) is 2.05. The van der Waals surface area contributed by atoms with Crippen LogP contribution in [0.1, 0.15) is 18.4 Å². The minimum atomic E-state index is -0.478. The van der Waals surface area contributed by atoms with E-state index in [1.807, 2.05) is 24.5 Å². The molecule has 0 radical (unpaired) electrons. The van der Waals surface area contributed by atoms with Gasteiger partial charge in [0.1, 0.15) is 6.04 Å². The van der Waals surface area contributed by atoms with Gasteiger partial charge in [0.05, 0.1) is 6.61 Å². The van der Waals surface area contributed by atoms with Crippen molar-refractivity contribution in [1.29, 1.82) is 0 Å². The summed E-state index contributed by atoms with van der Waals surface area (Å²) in [4.78, 5) is 11.5. The zero-order valence-corrected chi connectivity index (χ0v) is 11.6. The van der Waals surface area contributed by atoms with Gasteiger partial charge in [-0.05, 0) is 36.8 Å². The Kier molecular flexibility index (Phi) is 7.53. The molecule has 0 aliphatic carbocycles. The lowest BCUT2D eigenvalue weighted by Gasteiger charge is -2.10. The molecule has 0 spiro atoms. The first-order valence-electron chi connectivity index (χ1n) is 6.19. The number of esters is 1. The first-order chi connectivity index (χ1) is 8.74. The van der Waals surface area contributed by atoms with Gasteiger partial charge in [-0.2, -0.15) is 11.8 Å². The van der Waals surface area contributed by atoms with Crippen LogP contribution in [0.25, 0.3) is 0 Å². The molecule has 1 atom stereocenters. The van der Waals surface area contributed by atoms with Gasteiger partial charge >= 0.3 is 5.97 Å². The number of rotatable bonds is 8. The SMILES string of the molecule is CSCC[C@@H](N)C(=O)OCCCc1ccccc1. The van der Waals surface area contributed by atoms with Crippen LogP contribution in [0.5, 0.6) is 0 Å². The highest BCUT2D eigenvalue weighted by Crippen LogP contribution is 2.04. The number of aryl methyl sites for hydroxylation is 1. The predicted molar refractivity (Wildman–Crippen MR) is 76.7 cm³/mol. The van der Waals surface area contributed by atoms with E-state index in [1.54, 1.807) is 11.8 Å². The lowest BCUT2D eigenvalue weighted by molar-refractivity contribution is -0.145. The number of benzene rings is 1. The second-order valence-electron chi connectivity index (χ2n) is 4.14. The molecule has 18 heavy (non-hydrogen) atoms. The van der Waals surface area contributed by atoms with Crippen molar-refractivity contribution in [3.8, 4) is 0 Å². The molecule has 0 unspecified atom stereocenters. The Morgan fingerprint density at radius 2 is 2.11 bits per heavy atom. The molecule has 0 aromatic heterocycles. The maximum atomic E-state index is 11.5. The molecule has 2 N–H and O–H groups in total. The molecule has 0 heterocycles. The van der Waals surface area contributed by atoms with Gasteiger partial charge in [-0.25, -0.2) is 0 Å². The van der Waals surface area contributed by atoms with Gasteiger partial charge in [0.2, 0.25) is 0 Å². The van der Waals surface area contributed by atoms with Gasteiger partial charge in [0, 0.05) is 0 Å². The standard InChI is InChI=1S/C14H21NO2S/c1-18-11-9-13(15)14(16)17-10-5-8-12-6-3-2-4-7-12/h2-4,6-7,13H,5,8-11,15H2,1H3/t13-/m1/s1. The second-order valence-corrected chi connectivity index (χ2v) is 5.13. The van der Waals surface area contributed by atoms with Crippen LogP contribution in [-0.4, -0.2) is 30.6 Å². The van der Waals surface area contributed by atoms with Crippen LogP contribution in [0.2, 0.25) is 0 Å². The molecular formula is C14H21NO2S. The number of nitrogens with two attached hydrogens (primary N) is 1. The van der Waals surface area contributed by atoms with Gasteiger partial charge in [-0.3, -0.25) is 4.79 Å². The van der Waals surface area contributed by atoms with Gasteiger partial charge in [0.15, 0.2) is 0 Å². The van der Waals surface area contributed by atoms with E-state index in [9.17, 15) is 4.79 Å². The van der Waals surface area contributed by atoms with E-state index in [1.165, 1.54) is 5.56 Å². The van der Waals surface area contributed by atoms with E-state index in [-0.39, 0.29) is 5.97 Å². The molecule has 0 amide bonds. The Labute approximate surface area is 113 Å². The third-order valence-electron chi connectivity index (χ3n) is 2.63. The maximum absolute atomic E-state index is 11.5. The van der Waals surface area contributed by atoms with E-state index in [0.717, 1.165) is 18.6 Å². The van der Waals surface area contributed by atoms with E-state index in [2.05, 4.69) is 12.1 Å². The largest absolute Gasteiger partial charge is 0.465 e. The molecule has 0 fully saturated rings. The summed E-state index contributed by atoms with van der Waals surface area (Å²) in [5.74, 6) is 0.609. The lowest BCUT2D eigenvalue weighted by Crippen LogP contribution is -2.33. The highest BCUT2D eigenvalue weighted by Gasteiger charge is 2.13. The highest BCUT2D eigenvalue weighted by atomic mass is 32.2. The molecule has 0 aliphatic rings. The monoisotopic (exact) mass is 267 g/mol. The predicted octanol–water partition coefficient (Wildman–Crippen LogP) is 2.24. The number of hydrogen-bond acceptors (Lipinski definition) is 4. The number of hydrogen-bond donors (Lipinski definition) is 1. The van der Waals surface area contributed by atoms with Crippen LogP contribution in [0.3, 0.4) is 0 Å². The van der Waals surface area contributed by atoms with Crippen molar-refractivity contribution in [2.45, 2.75) is 25.3 Å². The minimum Gasteiger partial charge on any atom is -0.465 e. The van der Waals surface area contributed by atoms with Crippen LogP contribution in [0, 0.1) is 0 Å². The van der Waals surface area contributed by atoms with Crippen molar-refractivity contribution >= 4 is 17.7 Å². The first-order valence-corrected chi connectivity index (χ1v) is 7.58. The molecule has 4 heteroatoms. The van der Waals surface area contributed by atoms with Crippen molar-refractivity contribution in [3.63, 3.8) is 0 Å². The summed E-state index contributed by atoms with van der Waals surface area (Å²) < 4.78 is 5.15. The van der Waals surface area contributed by atoms with Crippen LogP contribution in [0.15, 0.2) is 30.3 Å². The Balaban J connectivity index is 2.12. The highest BCUT2D eigenvalue weighted by molar-refractivity contribution is 7.98. The Morgan fingerprint density at radius 3 is 2.78 bits per heavy atom. The fourth-order valence-electron chi connectivity index (χ4n) is 1.56. The Bertz CT molecular complexity index is 343. The molecule has 1 aromatic carbocycles. The molecule has 0 aliphatic heterocycles. The van der Waals surface area contributed by atoms with E-state index < -0.39 is 6.04 Å². The third kappa shape index (κ3) is 6.07. The molecule has 0 bridgehead atoms. The quantitative estimate of drug-likeness (QED) is 0.580. The van der Waals surface area contributed by atoms with E-state index >= 15 is 0 Å². The summed E-state index contributed by atoms with van der Waals surface area (Å²) in [5.41, 5.74) is 6.97. The topological polar surface area (TPSA) is 52.3 Å². The average Bonchev–Trinajstić information content (AvgIpc) is 2.41. The Morgan fingerprint density at radius 1 is 1.39 bits per heavy atom. The molecule has 0 saturated heterocycles. The van der Waals surface area contributed by atoms with Crippen LogP contribution in [0.4, 0.5) is 0 Å². The number of ether oxygens (including phenoxy) is 1. The minimum absolute atomic E-state index is 0.280. The number of thioether (sulfide) groups is 1. The van der Waals surface area contributed by atoms with Gasteiger partial charge in [0.25, 0.3) is 0 Å². The van der Waals surface area contributed by atoms with Crippen molar-refractivity contribution in [3.05, 3.63) is 35.9 Å². The van der Waals surface area contributed by atoms with Crippen LogP contribution >= 0.6 is 11.8 Å². The molecule has 0 saturated carbocycles. The summed E-state index contributed by atoms with van der Waals surface area (Å²) >= 11 is 1.69. The summed E-state index contributed by atoms with van der Waals surface area (Å²) in [6, 6.07) is 9.69. The summed E-state index contributed by atoms with van der Waals surface area (Å²) in [6.07, 6.45) is 4.44. The van der Waals surface area contributed by atoms with E-state index in [0.29, 0.717) is 13.0 Å². The summed E-state index contributed by atoms with van der Waals surface area (Å²) in [7, 11) is 0. The smallest absolute Gasteiger partial charge is 0.322 e. The maximum Gasteiger partial charge on any atom is 0.322 e. The van der Waals surface area contributed by atoms with Crippen LogP contribution in [-0.2, 0) is 16.0 Å². The number of carbonyl (C=O) groups is 1. The zero-order chi connectivity index (χ0) is 13.2. The summed E-state index contributed by atoms with van der Waals surface area (Å²) in [5, 5.41) is 0. The molecule has 3 nitrogen and oxygen atoms in total. The fraction of sp³-hybridized carbons (Fsp3) is 0.500. The molecular weight excluding hydrogens is 246 g/mol. The number of carbonyl (C=O) groups excluding carboxylic acids is 1. The first kappa shape index (κ1) is 15.1. The average molecular weight is 267 g/mol. The van der Waals surface area contributed by atoms with Crippen molar-refractivity contribution in [2.24, 2.45) is 5.73 Å². The third-order valence-corrected chi connectivity index (χ3v) is 3.28.